The quantitative estimate of drug-likeness (QED) is 0.165. The maximum absolute atomic E-state index is 15.0. The van der Waals surface area contributed by atoms with Gasteiger partial charge in [0.05, 0.1) is 23.1 Å². The molecule has 2 amide bonds. The minimum absolute atomic E-state index is 0.0298. The first-order valence-electron chi connectivity index (χ1n) is 19.4. The molecule has 11 heteroatoms. The lowest BCUT2D eigenvalue weighted by molar-refractivity contribution is -0.159. The number of hydrogen-bond acceptors (Lipinski definition) is 8. The molecule has 6 atom stereocenters. The fraction of sp³-hybridized carbons (Fsp3) is 0.829. The molecule has 0 aromatic rings. The molecule has 2 spiro atoms. The second-order valence-corrected chi connectivity index (χ2v) is 22.6. The van der Waals surface area contributed by atoms with Crippen LogP contribution in [-0.4, -0.2) is 66.1 Å². The molecule has 10 nitrogen and oxygen atoms in total. The molecule has 0 aromatic carbocycles. The summed E-state index contributed by atoms with van der Waals surface area (Å²) in [5.41, 5.74) is -3.48. The van der Waals surface area contributed by atoms with E-state index in [-0.39, 0.29) is 58.9 Å². The SMILES string of the molecule is C=C[C@@H]1C[C@]1(CC(=O)[C@@H]1C[C@@]2(CN1C(=O)[C@@H](CC(=O)[C@@H](CC(=O)OC(C)(C)C)C(C)(C)C)C(C)(C)C)C(C)(C)C21CCC1)C(=O)NS(=O)(=O)C1CC1. The van der Waals surface area contributed by atoms with Crippen molar-refractivity contribution in [1.82, 2.24) is 9.62 Å². The van der Waals surface area contributed by atoms with Gasteiger partial charge in [0.25, 0.3) is 0 Å². The second kappa shape index (κ2) is 12.8. The third kappa shape index (κ3) is 6.94. The smallest absolute Gasteiger partial charge is 0.307 e. The zero-order chi connectivity index (χ0) is 39.3. The Morgan fingerprint density at radius 1 is 0.885 bits per heavy atom. The molecular weight excluding hydrogens is 681 g/mol. The Morgan fingerprint density at radius 2 is 1.46 bits per heavy atom. The molecule has 5 rings (SSSR count). The van der Waals surface area contributed by atoms with Crippen LogP contribution in [0.3, 0.4) is 0 Å². The van der Waals surface area contributed by atoms with Gasteiger partial charge in [-0.15, -0.1) is 6.58 Å². The molecular formula is C41H64N2O8S. The molecule has 52 heavy (non-hydrogen) atoms. The summed E-state index contributed by atoms with van der Waals surface area (Å²) in [5.74, 6) is -3.62. The van der Waals surface area contributed by atoms with Crippen molar-refractivity contribution in [1.29, 1.82) is 0 Å². The fourth-order valence-electron chi connectivity index (χ4n) is 10.2. The van der Waals surface area contributed by atoms with Gasteiger partial charge in [-0.3, -0.25) is 28.7 Å². The van der Waals surface area contributed by atoms with Crippen molar-refractivity contribution in [3.8, 4) is 0 Å². The molecule has 1 aliphatic heterocycles. The first-order chi connectivity index (χ1) is 23.6. The van der Waals surface area contributed by atoms with Gasteiger partial charge in [0.1, 0.15) is 11.4 Å². The standard InChI is InChI=1S/C41H64N2O8S/c1-13-25-21-39(25,34(48)42-52(49,50)26-15-16-26)23-31(45)29-22-41(38(11,12)40(41)17-14-18-40)24-43(29)33(47)28(36(5,6)7)19-30(44)27(35(2,3)4)20-32(46)51-37(8,9)10/h13,25-29H,1,14-24H2,2-12H3,(H,42,48)/t25-,27-,28-,29+,39-,41-/m1/s1. The van der Waals surface area contributed by atoms with Crippen molar-refractivity contribution in [3.63, 3.8) is 0 Å². The molecule has 1 heterocycles. The topological polar surface area (TPSA) is 144 Å². The van der Waals surface area contributed by atoms with Gasteiger partial charge < -0.3 is 9.64 Å². The molecule has 0 radical (unpaired) electrons. The van der Waals surface area contributed by atoms with E-state index in [1.54, 1.807) is 31.7 Å². The Bertz CT molecular complexity index is 1630. The number of amides is 2. The van der Waals surface area contributed by atoms with E-state index in [0.29, 0.717) is 32.2 Å². The van der Waals surface area contributed by atoms with Gasteiger partial charge in [-0.25, -0.2) is 8.42 Å². The molecule has 0 unspecified atom stereocenters. The van der Waals surface area contributed by atoms with E-state index in [1.807, 2.05) is 41.5 Å². The fourth-order valence-corrected chi connectivity index (χ4v) is 11.6. The molecule has 4 aliphatic carbocycles. The first kappa shape index (κ1) is 40.6. The number of esters is 1. The number of carbonyl (C=O) groups excluding carboxylic acids is 5. The maximum atomic E-state index is 15.0. The van der Waals surface area contributed by atoms with Gasteiger partial charge in [-0.1, -0.05) is 67.9 Å². The third-order valence-corrected chi connectivity index (χ3v) is 15.8. The number of Topliss-reactive ketones (excluding diaryl/α,β-unsaturated/α-hetero) is 2. The van der Waals surface area contributed by atoms with E-state index in [0.717, 1.165) is 19.3 Å². The number of allylic oxidation sites excluding steroid dienone is 1. The molecule has 5 aliphatic rings. The maximum Gasteiger partial charge on any atom is 0.307 e. The predicted octanol–water partition coefficient (Wildman–Crippen LogP) is 6.56. The van der Waals surface area contributed by atoms with Crippen LogP contribution in [0.15, 0.2) is 12.7 Å². The van der Waals surface area contributed by atoms with E-state index in [1.165, 1.54) is 0 Å². The number of hydrogen-bond donors (Lipinski definition) is 1. The second-order valence-electron chi connectivity index (χ2n) is 20.6. The van der Waals surface area contributed by atoms with Crippen LogP contribution >= 0.6 is 0 Å². The zero-order valence-corrected chi connectivity index (χ0v) is 34.4. The van der Waals surface area contributed by atoms with Crippen LogP contribution in [0.5, 0.6) is 0 Å². The summed E-state index contributed by atoms with van der Waals surface area (Å²) in [5, 5.41) is -0.581. The lowest BCUT2D eigenvalue weighted by atomic mass is 9.70. The van der Waals surface area contributed by atoms with Gasteiger partial charge in [-0.2, -0.15) is 0 Å². The van der Waals surface area contributed by atoms with Crippen molar-refractivity contribution >= 4 is 39.4 Å². The van der Waals surface area contributed by atoms with Gasteiger partial charge in [0.2, 0.25) is 21.8 Å². The summed E-state index contributed by atoms with van der Waals surface area (Å²) in [6.07, 6.45) is 6.23. The average Bonchev–Trinajstić information content (AvgIpc) is 3.89. The molecule has 4 saturated carbocycles. The van der Waals surface area contributed by atoms with Crippen LogP contribution in [0.4, 0.5) is 0 Å². The summed E-state index contributed by atoms with van der Waals surface area (Å²) in [6, 6.07) is -0.803. The van der Waals surface area contributed by atoms with E-state index < -0.39 is 66.9 Å². The molecule has 292 valence electrons. The Morgan fingerprint density at radius 3 is 1.88 bits per heavy atom. The van der Waals surface area contributed by atoms with E-state index in [2.05, 4.69) is 25.1 Å². The minimum atomic E-state index is -3.82. The number of fused-ring (bicyclic) bond motifs is 1. The number of nitrogens with one attached hydrogen (secondary N) is 1. The van der Waals surface area contributed by atoms with Gasteiger partial charge in [-0.05, 0) is 86.9 Å². The predicted molar refractivity (Wildman–Crippen MR) is 199 cm³/mol. The highest BCUT2D eigenvalue weighted by atomic mass is 32.2. The van der Waals surface area contributed by atoms with E-state index in [4.69, 9.17) is 4.74 Å². The van der Waals surface area contributed by atoms with Crippen LogP contribution < -0.4 is 4.72 Å². The monoisotopic (exact) mass is 744 g/mol. The average molecular weight is 745 g/mol. The van der Waals surface area contributed by atoms with Gasteiger partial charge in [0.15, 0.2) is 5.78 Å². The van der Waals surface area contributed by atoms with Crippen molar-refractivity contribution in [2.24, 2.45) is 50.2 Å². The Balaban J connectivity index is 1.44. The summed E-state index contributed by atoms with van der Waals surface area (Å²) >= 11 is 0. The molecule has 1 saturated heterocycles. The summed E-state index contributed by atoms with van der Waals surface area (Å²) in [4.78, 5) is 72.2. The Hall–Kier alpha value is -2.56. The van der Waals surface area contributed by atoms with Crippen molar-refractivity contribution < 1.29 is 37.1 Å². The van der Waals surface area contributed by atoms with Gasteiger partial charge in [0, 0.05) is 36.6 Å². The number of likely N-dealkylation sites (tertiary alicyclic amines) is 1. The van der Waals surface area contributed by atoms with Gasteiger partial charge >= 0.3 is 5.97 Å². The highest BCUT2D eigenvalue weighted by Crippen LogP contribution is 2.88. The van der Waals surface area contributed by atoms with Crippen molar-refractivity contribution in [3.05, 3.63) is 12.7 Å². The lowest BCUT2D eigenvalue weighted by Gasteiger charge is -2.37. The Labute approximate surface area is 312 Å². The summed E-state index contributed by atoms with van der Waals surface area (Å²) in [7, 11) is -3.82. The molecule has 0 aromatic heterocycles. The minimum Gasteiger partial charge on any atom is -0.460 e. The number of carbonyl (C=O) groups is 5. The van der Waals surface area contributed by atoms with Crippen molar-refractivity contribution in [2.75, 3.05) is 6.54 Å². The largest absolute Gasteiger partial charge is 0.460 e. The van der Waals surface area contributed by atoms with E-state index >= 15 is 4.79 Å². The number of nitrogens with zero attached hydrogens (tertiary/aromatic N) is 1. The van der Waals surface area contributed by atoms with Crippen molar-refractivity contribution in [2.45, 2.75) is 157 Å². The highest BCUT2D eigenvalue weighted by Gasteiger charge is 2.85. The van der Waals surface area contributed by atoms with Crippen LogP contribution in [0.2, 0.25) is 0 Å². The molecule has 0 bridgehead atoms. The number of ether oxygens (including phenoxy) is 1. The van der Waals surface area contributed by atoms with E-state index in [9.17, 15) is 27.6 Å². The highest BCUT2D eigenvalue weighted by molar-refractivity contribution is 7.90. The van der Waals surface area contributed by atoms with Crippen LogP contribution in [-0.2, 0) is 38.7 Å². The summed E-state index contributed by atoms with van der Waals surface area (Å²) < 4.78 is 33.4. The molecule has 1 N–H and O–H groups in total. The first-order valence-corrected chi connectivity index (χ1v) is 20.9. The van der Waals surface area contributed by atoms with Crippen LogP contribution in [0.1, 0.15) is 140 Å². The molecule has 5 fully saturated rings. The number of sulfonamides is 1. The normalized spacial score (nSPS) is 30.2. The van der Waals surface area contributed by atoms with Crippen LogP contribution in [0, 0.1) is 50.2 Å². The zero-order valence-electron chi connectivity index (χ0n) is 33.6. The number of rotatable bonds is 13. The Kier molecular flexibility index (Phi) is 9.97. The third-order valence-electron chi connectivity index (χ3n) is 14.0. The summed E-state index contributed by atoms with van der Waals surface area (Å²) in [6.45, 7) is 25.6. The number of ketones is 2. The lowest BCUT2D eigenvalue weighted by Crippen LogP contribution is -2.49. The van der Waals surface area contributed by atoms with Crippen LogP contribution in [0.25, 0.3) is 0 Å².